The molecule has 0 unspecified atom stereocenters. The largest absolute Gasteiger partial charge is 0.496 e. The quantitative estimate of drug-likeness (QED) is 0.604. The fourth-order valence-electron chi connectivity index (χ4n) is 2.99. The van der Waals surface area contributed by atoms with Crippen molar-refractivity contribution in [1.82, 2.24) is 4.90 Å². The molecule has 2 heterocycles. The van der Waals surface area contributed by atoms with Gasteiger partial charge in [0, 0.05) is 19.5 Å². The molecule has 1 N–H and O–H groups in total. The summed E-state index contributed by atoms with van der Waals surface area (Å²) in [5.41, 5.74) is -0.197. The molecule has 1 atom stereocenters. The van der Waals surface area contributed by atoms with Gasteiger partial charge in [-0.25, -0.2) is 0 Å². The number of carbonyl (C=O) groups is 2. The summed E-state index contributed by atoms with van der Waals surface area (Å²) in [5, 5.41) is 13.8. The number of nitro benzene ring substituents is 1. The molecule has 27 heavy (non-hydrogen) atoms. The van der Waals surface area contributed by atoms with Gasteiger partial charge in [-0.15, -0.1) is 0 Å². The Hall–Kier alpha value is -2.62. The molecule has 0 spiro atoms. The summed E-state index contributed by atoms with van der Waals surface area (Å²) in [6, 6.07) is 4.17. The zero-order chi connectivity index (χ0) is 19.4. The highest BCUT2D eigenvalue weighted by atomic mass is 32.2. The molecular formula is C17H20N4O5S. The molecule has 0 saturated carbocycles. The first-order valence-corrected chi connectivity index (χ1v) is 9.52. The maximum atomic E-state index is 12.3. The number of piperidine rings is 1. The second-order valence-corrected chi connectivity index (χ2v) is 7.45. The minimum absolute atomic E-state index is 0.0680. The Balaban J connectivity index is 1.62. The van der Waals surface area contributed by atoms with Gasteiger partial charge < -0.3 is 15.0 Å². The average Bonchev–Trinajstić information content (AvgIpc) is 3.03. The average molecular weight is 392 g/mol. The van der Waals surface area contributed by atoms with Crippen LogP contribution in [0.25, 0.3) is 0 Å². The summed E-state index contributed by atoms with van der Waals surface area (Å²) >= 11 is 1.29. The van der Waals surface area contributed by atoms with Crippen LogP contribution in [-0.4, -0.2) is 52.3 Å². The van der Waals surface area contributed by atoms with Crippen LogP contribution in [0.5, 0.6) is 5.75 Å². The topological polar surface area (TPSA) is 114 Å². The van der Waals surface area contributed by atoms with Crippen molar-refractivity contribution in [2.75, 3.05) is 25.5 Å². The predicted octanol–water partition coefficient (Wildman–Crippen LogP) is 2.42. The molecule has 1 aromatic rings. The summed E-state index contributed by atoms with van der Waals surface area (Å²) in [6.45, 7) is 1.74. The molecule has 2 amide bonds. The number of nitrogens with zero attached hydrogens (tertiary/aromatic N) is 3. The van der Waals surface area contributed by atoms with Crippen LogP contribution in [0, 0.1) is 10.1 Å². The number of ether oxygens (including phenoxy) is 1. The highest BCUT2D eigenvalue weighted by molar-refractivity contribution is 8.15. The number of rotatable bonds is 5. The zero-order valence-corrected chi connectivity index (χ0v) is 15.7. The van der Waals surface area contributed by atoms with Crippen LogP contribution in [0.2, 0.25) is 0 Å². The predicted molar refractivity (Wildman–Crippen MR) is 102 cm³/mol. The number of methoxy groups -OCH3 is 1. The van der Waals surface area contributed by atoms with E-state index in [1.807, 2.05) is 0 Å². The van der Waals surface area contributed by atoms with E-state index in [9.17, 15) is 19.7 Å². The van der Waals surface area contributed by atoms with Gasteiger partial charge in [-0.05, 0) is 31.4 Å². The van der Waals surface area contributed by atoms with Crippen molar-refractivity contribution in [3.8, 4) is 5.75 Å². The maximum absolute atomic E-state index is 12.3. The minimum atomic E-state index is -0.598. The van der Waals surface area contributed by atoms with E-state index >= 15 is 0 Å². The fourth-order valence-corrected chi connectivity index (χ4v) is 4.11. The lowest BCUT2D eigenvalue weighted by Gasteiger charge is -2.27. The number of nitrogens with one attached hydrogen (secondary N) is 1. The Morgan fingerprint density at radius 1 is 1.41 bits per heavy atom. The second-order valence-electron chi connectivity index (χ2n) is 6.28. The summed E-state index contributed by atoms with van der Waals surface area (Å²) in [6.07, 6.45) is 3.22. The Bertz CT molecular complexity index is 792. The first-order chi connectivity index (χ1) is 13.0. The lowest BCUT2D eigenvalue weighted by Crippen LogP contribution is -2.33. The summed E-state index contributed by atoms with van der Waals surface area (Å²) in [4.78, 5) is 41.2. The second kappa shape index (κ2) is 8.38. The lowest BCUT2D eigenvalue weighted by molar-refractivity contribution is -0.384. The highest BCUT2D eigenvalue weighted by Crippen LogP contribution is 2.31. The Morgan fingerprint density at radius 2 is 2.15 bits per heavy atom. The molecular weight excluding hydrogens is 372 g/mol. The van der Waals surface area contributed by atoms with E-state index < -0.39 is 16.1 Å². The van der Waals surface area contributed by atoms with Crippen molar-refractivity contribution in [1.29, 1.82) is 0 Å². The van der Waals surface area contributed by atoms with Crippen molar-refractivity contribution >= 4 is 40.1 Å². The van der Waals surface area contributed by atoms with Gasteiger partial charge in [0.25, 0.3) is 11.6 Å². The van der Waals surface area contributed by atoms with Gasteiger partial charge in [-0.1, -0.05) is 11.8 Å². The molecule has 2 aliphatic heterocycles. The molecule has 3 rings (SSSR count). The number of amides is 2. The first-order valence-electron chi connectivity index (χ1n) is 8.64. The number of hydrogen-bond acceptors (Lipinski definition) is 7. The molecule has 0 aliphatic carbocycles. The SMILES string of the molecule is COc1ccc(NC(=O)C[C@H]2SC(N3CCCCC3)=NC2=O)c([N+](=O)[O-])c1. The molecule has 1 fully saturated rings. The van der Waals surface area contributed by atoms with Crippen molar-refractivity contribution in [2.45, 2.75) is 30.9 Å². The number of aliphatic imine (C=N–C) groups is 1. The smallest absolute Gasteiger partial charge is 0.296 e. The summed E-state index contributed by atoms with van der Waals surface area (Å²) < 4.78 is 4.97. The Morgan fingerprint density at radius 3 is 2.81 bits per heavy atom. The third kappa shape index (κ3) is 4.57. The molecule has 9 nitrogen and oxygen atoms in total. The molecule has 0 aromatic heterocycles. The Labute approximate surface area is 160 Å². The van der Waals surface area contributed by atoms with Gasteiger partial charge >= 0.3 is 0 Å². The van der Waals surface area contributed by atoms with Crippen LogP contribution in [0.3, 0.4) is 0 Å². The van der Waals surface area contributed by atoms with E-state index in [-0.39, 0.29) is 23.7 Å². The number of hydrogen-bond donors (Lipinski definition) is 1. The number of amidine groups is 1. The number of benzene rings is 1. The molecule has 0 bridgehead atoms. The lowest BCUT2D eigenvalue weighted by atomic mass is 10.1. The van der Waals surface area contributed by atoms with Gasteiger partial charge in [0.1, 0.15) is 16.7 Å². The number of likely N-dealkylation sites (tertiary alicyclic amines) is 1. The zero-order valence-electron chi connectivity index (χ0n) is 14.8. The third-order valence-corrected chi connectivity index (χ3v) is 5.62. The van der Waals surface area contributed by atoms with Crippen molar-refractivity contribution in [2.24, 2.45) is 4.99 Å². The van der Waals surface area contributed by atoms with Crippen molar-refractivity contribution in [3.63, 3.8) is 0 Å². The molecule has 2 aliphatic rings. The van der Waals surface area contributed by atoms with Crippen LogP contribution >= 0.6 is 11.8 Å². The molecule has 144 valence electrons. The van der Waals surface area contributed by atoms with Gasteiger partial charge in [0.15, 0.2) is 5.17 Å². The van der Waals surface area contributed by atoms with Crippen LogP contribution in [0.15, 0.2) is 23.2 Å². The van der Waals surface area contributed by atoms with Gasteiger partial charge in [0.05, 0.1) is 18.1 Å². The van der Waals surface area contributed by atoms with Gasteiger partial charge in [0.2, 0.25) is 5.91 Å². The third-order valence-electron chi connectivity index (χ3n) is 4.40. The van der Waals surface area contributed by atoms with E-state index in [1.165, 1.54) is 43.5 Å². The van der Waals surface area contributed by atoms with Crippen LogP contribution in [0.4, 0.5) is 11.4 Å². The number of anilines is 1. The maximum Gasteiger partial charge on any atom is 0.296 e. The monoisotopic (exact) mass is 392 g/mol. The van der Waals surface area contributed by atoms with Crippen LogP contribution in [-0.2, 0) is 9.59 Å². The summed E-state index contributed by atoms with van der Waals surface area (Å²) in [7, 11) is 1.40. The van der Waals surface area contributed by atoms with Crippen molar-refractivity contribution in [3.05, 3.63) is 28.3 Å². The van der Waals surface area contributed by atoms with E-state index in [1.54, 1.807) is 0 Å². The number of carbonyl (C=O) groups excluding carboxylic acids is 2. The highest BCUT2D eigenvalue weighted by Gasteiger charge is 2.33. The fraction of sp³-hybridized carbons (Fsp3) is 0.471. The van der Waals surface area contributed by atoms with E-state index in [0.29, 0.717) is 10.9 Å². The Kier molecular flexibility index (Phi) is 5.94. The number of thioether (sulfide) groups is 1. The van der Waals surface area contributed by atoms with Gasteiger partial charge in [-0.2, -0.15) is 4.99 Å². The molecule has 1 saturated heterocycles. The molecule has 1 aromatic carbocycles. The standard InChI is InChI=1S/C17H20N4O5S/c1-26-11-5-6-12(13(9-11)21(24)25)18-15(22)10-14-16(23)19-17(27-14)20-7-3-2-4-8-20/h5-6,9,14H,2-4,7-8,10H2,1H3,(H,18,22)/t14-/m1/s1. The van der Waals surface area contributed by atoms with Crippen molar-refractivity contribution < 1.29 is 19.2 Å². The van der Waals surface area contributed by atoms with Crippen LogP contribution < -0.4 is 10.1 Å². The van der Waals surface area contributed by atoms with Crippen LogP contribution in [0.1, 0.15) is 25.7 Å². The summed E-state index contributed by atoms with van der Waals surface area (Å²) in [5.74, 6) is -0.482. The normalized spacial score (nSPS) is 19.6. The van der Waals surface area contributed by atoms with Gasteiger partial charge in [-0.3, -0.25) is 19.7 Å². The van der Waals surface area contributed by atoms with E-state index in [0.717, 1.165) is 25.9 Å². The first kappa shape index (κ1) is 19.2. The molecule has 0 radical (unpaired) electrons. The van der Waals surface area contributed by atoms with E-state index in [4.69, 9.17) is 4.74 Å². The van der Waals surface area contributed by atoms with E-state index in [2.05, 4.69) is 15.2 Å². The minimum Gasteiger partial charge on any atom is -0.496 e. The number of nitro groups is 1. The molecule has 10 heteroatoms.